The Bertz CT molecular complexity index is 803. The van der Waals surface area contributed by atoms with Gasteiger partial charge in [-0.15, -0.1) is 11.3 Å². The van der Waals surface area contributed by atoms with Gasteiger partial charge in [0.15, 0.2) is 0 Å². The lowest BCUT2D eigenvalue weighted by molar-refractivity contribution is -0.134. The summed E-state index contributed by atoms with van der Waals surface area (Å²) in [5, 5.41) is 25.0. The van der Waals surface area contributed by atoms with Crippen LogP contribution in [0, 0.1) is 5.92 Å². The van der Waals surface area contributed by atoms with E-state index in [9.17, 15) is 14.7 Å². The standard InChI is InChI=1S/C20H29NO2S.C4H4O4/c1-16(20(21)22)10-11-19-13-12-18(24-19)9-5-6-14-23-15-17-7-3-2-4-8-17;5-3(6)1-2-4(7)8/h2-4,7-8,12-13,16,20,22H,5-6,9-11,14-15,21H2,1H3;1-2H,(H,5,6)(H,7,8)/t16-,20?;/m1./s1. The number of aliphatic carboxylic acids is 2. The monoisotopic (exact) mass is 463 g/mol. The largest absolute Gasteiger partial charge is 0.478 e. The smallest absolute Gasteiger partial charge is 0.328 e. The number of carbonyl (C=O) groups is 2. The number of carboxylic acid groups (broad SMARTS) is 2. The molecule has 176 valence electrons. The molecule has 0 spiro atoms. The van der Waals surface area contributed by atoms with Crippen LogP contribution in [0.4, 0.5) is 0 Å². The molecule has 5 N–H and O–H groups in total. The van der Waals surface area contributed by atoms with Crippen molar-refractivity contribution in [3.63, 3.8) is 0 Å². The van der Waals surface area contributed by atoms with Crippen molar-refractivity contribution in [2.24, 2.45) is 11.7 Å². The maximum absolute atomic E-state index is 9.55. The number of benzene rings is 1. The van der Waals surface area contributed by atoms with Gasteiger partial charge < -0.3 is 25.8 Å². The van der Waals surface area contributed by atoms with E-state index in [1.807, 2.05) is 36.5 Å². The summed E-state index contributed by atoms with van der Waals surface area (Å²) < 4.78 is 5.72. The van der Waals surface area contributed by atoms with Crippen LogP contribution in [0.25, 0.3) is 0 Å². The fraction of sp³-hybridized carbons (Fsp3) is 0.417. The molecule has 1 aromatic heterocycles. The highest BCUT2D eigenvalue weighted by Crippen LogP contribution is 2.21. The molecule has 0 radical (unpaired) electrons. The van der Waals surface area contributed by atoms with E-state index in [1.165, 1.54) is 15.3 Å². The quantitative estimate of drug-likeness (QED) is 0.202. The summed E-state index contributed by atoms with van der Waals surface area (Å²) in [6, 6.07) is 14.7. The summed E-state index contributed by atoms with van der Waals surface area (Å²) in [6.45, 7) is 3.52. The molecule has 0 aliphatic carbocycles. The van der Waals surface area contributed by atoms with Gasteiger partial charge in [-0.25, -0.2) is 9.59 Å². The molecule has 0 saturated carbocycles. The fourth-order valence-electron chi connectivity index (χ4n) is 2.64. The highest BCUT2D eigenvalue weighted by molar-refractivity contribution is 7.11. The zero-order valence-corrected chi connectivity index (χ0v) is 19.2. The van der Waals surface area contributed by atoms with E-state index in [-0.39, 0.29) is 5.92 Å². The first-order valence-electron chi connectivity index (χ1n) is 10.5. The number of thiophene rings is 1. The van der Waals surface area contributed by atoms with Gasteiger partial charge in [-0.05, 0) is 55.7 Å². The molecule has 0 fully saturated rings. The Morgan fingerprint density at radius 1 is 1.00 bits per heavy atom. The van der Waals surface area contributed by atoms with E-state index in [4.69, 9.17) is 20.7 Å². The van der Waals surface area contributed by atoms with Crippen LogP contribution in [0.1, 0.15) is 41.5 Å². The summed E-state index contributed by atoms with van der Waals surface area (Å²) >= 11 is 1.88. The van der Waals surface area contributed by atoms with Gasteiger partial charge in [0.05, 0.1) is 6.61 Å². The lowest BCUT2D eigenvalue weighted by atomic mass is 10.0. The molecule has 7 nitrogen and oxygen atoms in total. The van der Waals surface area contributed by atoms with E-state index >= 15 is 0 Å². The third-order valence-corrected chi connectivity index (χ3v) is 5.79. The van der Waals surface area contributed by atoms with Crippen LogP contribution in [0.15, 0.2) is 54.6 Å². The van der Waals surface area contributed by atoms with Crippen LogP contribution < -0.4 is 5.73 Å². The van der Waals surface area contributed by atoms with Crippen molar-refractivity contribution < 1.29 is 29.6 Å². The van der Waals surface area contributed by atoms with Crippen LogP contribution in [0.2, 0.25) is 0 Å². The van der Waals surface area contributed by atoms with E-state index < -0.39 is 18.2 Å². The number of aryl methyl sites for hydroxylation is 2. The number of carboxylic acids is 2. The third-order valence-electron chi connectivity index (χ3n) is 4.59. The van der Waals surface area contributed by atoms with Gasteiger partial charge in [0.1, 0.15) is 6.23 Å². The lowest BCUT2D eigenvalue weighted by Gasteiger charge is -2.13. The lowest BCUT2D eigenvalue weighted by Crippen LogP contribution is -2.27. The van der Waals surface area contributed by atoms with Gasteiger partial charge in [0, 0.05) is 28.5 Å². The van der Waals surface area contributed by atoms with E-state index in [1.54, 1.807) is 0 Å². The van der Waals surface area contributed by atoms with Crippen molar-refractivity contribution >= 4 is 23.3 Å². The summed E-state index contributed by atoms with van der Waals surface area (Å²) in [5.41, 5.74) is 6.73. The summed E-state index contributed by atoms with van der Waals surface area (Å²) in [7, 11) is 0. The number of ether oxygens (including phenoxy) is 1. The van der Waals surface area contributed by atoms with E-state index in [0.717, 1.165) is 38.7 Å². The second-order valence-corrected chi connectivity index (χ2v) is 8.63. The van der Waals surface area contributed by atoms with Crippen LogP contribution >= 0.6 is 11.3 Å². The number of hydrogen-bond acceptors (Lipinski definition) is 6. The minimum absolute atomic E-state index is 0.150. The van der Waals surface area contributed by atoms with Gasteiger partial charge in [-0.2, -0.15) is 0 Å². The Morgan fingerprint density at radius 3 is 2.16 bits per heavy atom. The van der Waals surface area contributed by atoms with Crippen molar-refractivity contribution in [1.29, 1.82) is 0 Å². The Labute approximate surface area is 193 Å². The SMILES string of the molecule is C[C@H](CCc1ccc(CCCCOCc2ccccc2)s1)C(N)O.O=C(O)C=CC(=O)O. The predicted molar refractivity (Wildman–Crippen MR) is 125 cm³/mol. The first kappa shape index (κ1) is 27.5. The minimum Gasteiger partial charge on any atom is -0.478 e. The molecule has 2 rings (SSSR count). The average Bonchev–Trinajstić information content (AvgIpc) is 3.22. The number of rotatable bonds is 13. The Hall–Kier alpha value is -2.52. The first-order chi connectivity index (χ1) is 15.3. The van der Waals surface area contributed by atoms with Crippen molar-refractivity contribution in [1.82, 2.24) is 0 Å². The van der Waals surface area contributed by atoms with Crippen LogP contribution in [0.5, 0.6) is 0 Å². The summed E-state index contributed by atoms with van der Waals surface area (Å²) in [5.74, 6) is -2.36. The first-order valence-corrected chi connectivity index (χ1v) is 11.4. The van der Waals surface area contributed by atoms with Crippen molar-refractivity contribution in [3.05, 3.63) is 69.9 Å². The van der Waals surface area contributed by atoms with Gasteiger partial charge >= 0.3 is 11.9 Å². The molecule has 2 aromatic rings. The normalized spacial score (nSPS) is 12.7. The van der Waals surface area contributed by atoms with E-state index in [2.05, 4.69) is 24.3 Å². The zero-order chi connectivity index (χ0) is 23.8. The second-order valence-electron chi connectivity index (χ2n) is 7.38. The topological polar surface area (TPSA) is 130 Å². The van der Waals surface area contributed by atoms with Gasteiger partial charge in [-0.1, -0.05) is 37.3 Å². The maximum atomic E-state index is 9.55. The van der Waals surface area contributed by atoms with Crippen molar-refractivity contribution in [3.8, 4) is 0 Å². The number of unbranched alkanes of at least 4 members (excludes halogenated alkanes) is 1. The van der Waals surface area contributed by atoms with Crippen molar-refractivity contribution in [2.45, 2.75) is 51.9 Å². The third kappa shape index (κ3) is 13.7. The molecule has 2 atom stereocenters. The molecule has 0 aliphatic heterocycles. The number of hydrogen-bond donors (Lipinski definition) is 4. The van der Waals surface area contributed by atoms with Crippen LogP contribution in [-0.2, 0) is 33.8 Å². The second kappa shape index (κ2) is 16.2. The number of aliphatic hydroxyl groups is 1. The van der Waals surface area contributed by atoms with Gasteiger partial charge in [0.25, 0.3) is 0 Å². The Kier molecular flexibility index (Phi) is 13.9. The summed E-state index contributed by atoms with van der Waals surface area (Å²) in [4.78, 5) is 21.9. The number of nitrogens with two attached hydrogens (primary N) is 1. The van der Waals surface area contributed by atoms with Gasteiger partial charge in [0.2, 0.25) is 0 Å². The molecule has 1 unspecified atom stereocenters. The molecule has 0 aliphatic rings. The average molecular weight is 464 g/mol. The fourth-order valence-corrected chi connectivity index (χ4v) is 3.72. The van der Waals surface area contributed by atoms with E-state index in [0.29, 0.717) is 18.8 Å². The highest BCUT2D eigenvalue weighted by atomic mass is 32.1. The molecule has 32 heavy (non-hydrogen) atoms. The summed E-state index contributed by atoms with van der Waals surface area (Å²) in [6.07, 6.45) is 5.72. The Morgan fingerprint density at radius 2 is 1.59 bits per heavy atom. The molecular weight excluding hydrogens is 430 g/mol. The minimum atomic E-state index is -1.26. The molecule has 8 heteroatoms. The molecule has 0 saturated heterocycles. The molecule has 1 aromatic carbocycles. The number of aliphatic hydroxyl groups excluding tert-OH is 1. The molecule has 0 amide bonds. The van der Waals surface area contributed by atoms with Crippen LogP contribution in [-0.4, -0.2) is 40.1 Å². The Balaban J connectivity index is 0.000000547. The molecule has 1 heterocycles. The predicted octanol–water partition coefficient (Wildman–Crippen LogP) is 3.85. The van der Waals surface area contributed by atoms with Crippen molar-refractivity contribution in [2.75, 3.05) is 6.61 Å². The highest BCUT2D eigenvalue weighted by Gasteiger charge is 2.10. The molecule has 0 bridgehead atoms. The maximum Gasteiger partial charge on any atom is 0.328 e. The van der Waals surface area contributed by atoms with Gasteiger partial charge in [-0.3, -0.25) is 0 Å². The zero-order valence-electron chi connectivity index (χ0n) is 18.4. The van der Waals surface area contributed by atoms with Crippen LogP contribution in [0.3, 0.4) is 0 Å². The molecular formula is C24H33NO6S.